The molecule has 2 N–H and O–H groups in total. The number of benzene rings is 1. The molecule has 138 valence electrons. The largest absolute Gasteiger partial charge is 0.483 e. The lowest BCUT2D eigenvalue weighted by atomic mass is 10.1. The Kier molecular flexibility index (Phi) is 13.4. The molecule has 25 heavy (non-hydrogen) atoms. The summed E-state index contributed by atoms with van der Waals surface area (Å²) in [5.74, 6) is 0. The maximum atomic E-state index is 12.7. The Morgan fingerprint density at radius 3 is 2.36 bits per heavy atom. The van der Waals surface area contributed by atoms with Crippen LogP contribution in [-0.2, 0) is 4.79 Å². The molecule has 0 radical (unpaired) electrons. The molecule has 0 aliphatic carbocycles. The van der Waals surface area contributed by atoms with Crippen molar-refractivity contribution in [2.75, 3.05) is 5.32 Å². The first kappa shape index (κ1) is 24.5. The summed E-state index contributed by atoms with van der Waals surface area (Å²) in [7, 11) is 0. The molecule has 0 heterocycles. The standard InChI is InChI=1S/C15H15F3N2.C2H6.CH2O2/c1-3-5-13(15(16,17)18)8-11(2)20-14-7-4-6-12(9-14)10-19;1-2;2-1-3/h4-9,20H,3H2,1-2H3;1-2H3;1H,(H,2,3)/b11-8-,13-5-;;. The van der Waals surface area contributed by atoms with E-state index in [0.717, 1.165) is 12.2 Å². The molecule has 0 unspecified atom stereocenters. The zero-order valence-electron chi connectivity index (χ0n) is 14.7. The lowest BCUT2D eigenvalue weighted by Crippen LogP contribution is -2.11. The average Bonchev–Trinajstić information content (AvgIpc) is 2.56. The number of allylic oxidation sites excluding steroid dienone is 4. The Morgan fingerprint density at radius 1 is 1.36 bits per heavy atom. The number of halogens is 3. The highest BCUT2D eigenvalue weighted by molar-refractivity contribution is 5.53. The number of hydrogen-bond donors (Lipinski definition) is 2. The minimum absolute atomic E-state index is 0.250. The van der Waals surface area contributed by atoms with E-state index in [9.17, 15) is 13.2 Å². The third-order valence-corrected chi connectivity index (χ3v) is 2.46. The van der Waals surface area contributed by atoms with E-state index in [1.54, 1.807) is 38.1 Å². The molecule has 0 saturated heterocycles. The molecule has 0 atom stereocenters. The summed E-state index contributed by atoms with van der Waals surface area (Å²) in [4.78, 5) is 8.36. The first-order chi connectivity index (χ1) is 11.8. The van der Waals surface area contributed by atoms with Crippen molar-refractivity contribution in [2.24, 2.45) is 0 Å². The molecule has 0 aliphatic heterocycles. The van der Waals surface area contributed by atoms with E-state index >= 15 is 0 Å². The van der Waals surface area contributed by atoms with Gasteiger partial charge in [-0.1, -0.05) is 32.9 Å². The summed E-state index contributed by atoms with van der Waals surface area (Å²) in [6, 6.07) is 8.54. The fourth-order valence-electron chi connectivity index (χ4n) is 1.64. The quantitative estimate of drug-likeness (QED) is 0.552. The van der Waals surface area contributed by atoms with Gasteiger partial charge < -0.3 is 10.4 Å². The molecule has 0 bridgehead atoms. The predicted molar refractivity (Wildman–Crippen MR) is 93.0 cm³/mol. The molecule has 7 heteroatoms. The smallest absolute Gasteiger partial charge is 0.416 e. The van der Waals surface area contributed by atoms with Crippen molar-refractivity contribution in [3.63, 3.8) is 0 Å². The van der Waals surface area contributed by atoms with E-state index in [0.29, 0.717) is 23.4 Å². The van der Waals surface area contributed by atoms with E-state index in [1.807, 2.05) is 19.9 Å². The van der Waals surface area contributed by atoms with E-state index < -0.39 is 11.7 Å². The molecule has 0 aromatic heterocycles. The minimum atomic E-state index is -4.37. The van der Waals surface area contributed by atoms with Gasteiger partial charge >= 0.3 is 6.18 Å². The van der Waals surface area contributed by atoms with Crippen LogP contribution in [0.2, 0.25) is 0 Å². The van der Waals surface area contributed by atoms with E-state index in [4.69, 9.17) is 15.2 Å². The second-order valence-corrected chi connectivity index (χ2v) is 4.32. The van der Waals surface area contributed by atoms with Crippen LogP contribution in [0.3, 0.4) is 0 Å². The normalized spacial score (nSPS) is 11.1. The summed E-state index contributed by atoms with van der Waals surface area (Å²) in [5, 5.41) is 18.5. The second-order valence-electron chi connectivity index (χ2n) is 4.32. The van der Waals surface area contributed by atoms with Crippen molar-refractivity contribution < 1.29 is 23.1 Å². The van der Waals surface area contributed by atoms with Gasteiger partial charge in [-0.2, -0.15) is 18.4 Å². The van der Waals surface area contributed by atoms with E-state index in [2.05, 4.69) is 5.32 Å². The number of nitrogens with one attached hydrogen (secondary N) is 1. The van der Waals surface area contributed by atoms with Crippen LogP contribution in [0.4, 0.5) is 18.9 Å². The Morgan fingerprint density at radius 2 is 1.92 bits per heavy atom. The highest BCUT2D eigenvalue weighted by Gasteiger charge is 2.31. The maximum Gasteiger partial charge on any atom is 0.416 e. The lowest BCUT2D eigenvalue weighted by molar-refractivity contribution is -0.122. The zero-order valence-corrected chi connectivity index (χ0v) is 14.7. The third-order valence-electron chi connectivity index (χ3n) is 2.46. The van der Waals surface area contributed by atoms with Crippen molar-refractivity contribution >= 4 is 12.2 Å². The lowest BCUT2D eigenvalue weighted by Gasteiger charge is -2.11. The van der Waals surface area contributed by atoms with Gasteiger partial charge in [-0.15, -0.1) is 0 Å². The fraction of sp³-hybridized carbons (Fsp3) is 0.333. The van der Waals surface area contributed by atoms with Crippen molar-refractivity contribution in [1.29, 1.82) is 5.26 Å². The average molecular weight is 356 g/mol. The fourth-order valence-corrected chi connectivity index (χ4v) is 1.64. The second kappa shape index (κ2) is 13.7. The molecule has 0 aliphatic rings. The van der Waals surface area contributed by atoms with Crippen LogP contribution < -0.4 is 5.32 Å². The molecule has 0 amide bonds. The zero-order chi connectivity index (χ0) is 19.9. The predicted octanol–water partition coefficient (Wildman–Crippen LogP) is 5.50. The highest BCUT2D eigenvalue weighted by atomic mass is 19.4. The molecular formula is C18H23F3N2O2. The molecule has 4 nitrogen and oxygen atoms in total. The Hall–Kier alpha value is -2.75. The number of anilines is 1. The first-order valence-electron chi connectivity index (χ1n) is 7.59. The molecule has 0 fully saturated rings. The number of nitriles is 1. The summed E-state index contributed by atoms with van der Waals surface area (Å²) in [6.45, 7) is 6.95. The van der Waals surface area contributed by atoms with Crippen LogP contribution in [0.1, 0.15) is 39.7 Å². The van der Waals surface area contributed by atoms with Crippen LogP contribution in [0.25, 0.3) is 0 Å². The third kappa shape index (κ3) is 11.4. The summed E-state index contributed by atoms with van der Waals surface area (Å²) < 4.78 is 38.2. The van der Waals surface area contributed by atoms with Crippen molar-refractivity contribution in [3.05, 3.63) is 53.3 Å². The minimum Gasteiger partial charge on any atom is -0.483 e. The van der Waals surface area contributed by atoms with Crippen LogP contribution >= 0.6 is 0 Å². The number of carbonyl (C=O) groups is 1. The Bertz CT molecular complexity index is 615. The summed E-state index contributed by atoms with van der Waals surface area (Å²) in [5.41, 5.74) is 0.706. The number of carboxylic acid groups (broad SMARTS) is 1. The molecule has 0 saturated carbocycles. The molecular weight excluding hydrogens is 333 g/mol. The van der Waals surface area contributed by atoms with Gasteiger partial charge in [-0.25, -0.2) is 0 Å². The first-order valence-corrected chi connectivity index (χ1v) is 7.59. The highest BCUT2D eigenvalue weighted by Crippen LogP contribution is 2.28. The number of nitrogens with zero attached hydrogens (tertiary/aromatic N) is 1. The van der Waals surface area contributed by atoms with Gasteiger partial charge in [-0.05, 0) is 37.6 Å². The topological polar surface area (TPSA) is 73.1 Å². The van der Waals surface area contributed by atoms with Gasteiger partial charge in [0.1, 0.15) is 0 Å². The summed E-state index contributed by atoms with van der Waals surface area (Å²) >= 11 is 0. The van der Waals surface area contributed by atoms with Crippen LogP contribution in [0.5, 0.6) is 0 Å². The van der Waals surface area contributed by atoms with Gasteiger partial charge in [-0.3, -0.25) is 4.79 Å². The number of hydrogen-bond acceptors (Lipinski definition) is 3. The van der Waals surface area contributed by atoms with Crippen LogP contribution in [0.15, 0.2) is 47.7 Å². The Labute approximate surface area is 146 Å². The van der Waals surface area contributed by atoms with Gasteiger partial charge in [0.05, 0.1) is 17.2 Å². The van der Waals surface area contributed by atoms with Gasteiger partial charge in [0.2, 0.25) is 0 Å². The number of alkyl halides is 3. The monoisotopic (exact) mass is 356 g/mol. The van der Waals surface area contributed by atoms with Gasteiger partial charge in [0.25, 0.3) is 6.47 Å². The maximum absolute atomic E-state index is 12.7. The van der Waals surface area contributed by atoms with Crippen molar-refractivity contribution in [2.45, 2.75) is 40.3 Å². The van der Waals surface area contributed by atoms with Crippen molar-refractivity contribution in [1.82, 2.24) is 0 Å². The van der Waals surface area contributed by atoms with Crippen LogP contribution in [-0.4, -0.2) is 17.8 Å². The molecule has 0 spiro atoms. The molecule has 1 aromatic carbocycles. The van der Waals surface area contributed by atoms with Gasteiger partial charge in [0, 0.05) is 11.4 Å². The summed E-state index contributed by atoms with van der Waals surface area (Å²) in [6.07, 6.45) is -1.87. The van der Waals surface area contributed by atoms with E-state index in [1.165, 1.54) is 0 Å². The van der Waals surface area contributed by atoms with Crippen LogP contribution in [0, 0.1) is 11.3 Å². The Balaban J connectivity index is 0. The SMILES string of the molecule is CC.CC/C=C(/C=C(/C)Nc1cccc(C#N)c1)C(F)(F)F.O=CO. The van der Waals surface area contributed by atoms with E-state index in [-0.39, 0.29) is 6.47 Å². The number of rotatable bonds is 4. The molecule has 1 rings (SSSR count). The van der Waals surface area contributed by atoms with Gasteiger partial charge in [0.15, 0.2) is 0 Å². The molecule has 1 aromatic rings. The van der Waals surface area contributed by atoms with Crippen molar-refractivity contribution in [3.8, 4) is 6.07 Å².